The topological polar surface area (TPSA) is 42.2 Å². The first kappa shape index (κ1) is 15.8. The lowest BCUT2D eigenvalue weighted by molar-refractivity contribution is -0.243. The maximum absolute atomic E-state index is 9.25. The van der Waals surface area contributed by atoms with Crippen LogP contribution in [0.1, 0.15) is 65.2 Å². The van der Waals surface area contributed by atoms with Crippen LogP contribution in [0.4, 0.5) is 0 Å². The number of unbranched alkanes of at least 4 members (excludes halogenated alkanes) is 1. The Morgan fingerprint density at radius 2 is 1.75 bits per heavy atom. The van der Waals surface area contributed by atoms with Crippen LogP contribution in [0, 0.1) is 28.6 Å². The Bertz CT molecular complexity index is 320. The van der Waals surface area contributed by atoms with Crippen LogP contribution < -0.4 is 0 Å². The van der Waals surface area contributed by atoms with Gasteiger partial charge in [-0.1, -0.05) is 33.1 Å². The van der Waals surface area contributed by atoms with E-state index in [0.29, 0.717) is 19.1 Å². The minimum atomic E-state index is -0.408. The molecule has 3 nitrogen and oxygen atoms in total. The maximum atomic E-state index is 9.25. The summed E-state index contributed by atoms with van der Waals surface area (Å²) in [6.45, 7) is 5.39. The Kier molecular flexibility index (Phi) is 5.86. The van der Waals surface area contributed by atoms with Crippen molar-refractivity contribution in [2.24, 2.45) is 17.3 Å². The molecule has 114 valence electrons. The molecule has 1 aliphatic carbocycles. The van der Waals surface area contributed by atoms with Gasteiger partial charge in [-0.15, -0.1) is 0 Å². The van der Waals surface area contributed by atoms with E-state index in [-0.39, 0.29) is 6.29 Å². The van der Waals surface area contributed by atoms with Gasteiger partial charge in [0.2, 0.25) is 0 Å². The molecule has 20 heavy (non-hydrogen) atoms. The third-order valence-corrected chi connectivity index (χ3v) is 5.20. The molecule has 1 heterocycles. The Balaban J connectivity index is 1.75. The molecule has 2 aliphatic rings. The summed E-state index contributed by atoms with van der Waals surface area (Å²) in [6.07, 6.45) is 9.92. The summed E-state index contributed by atoms with van der Waals surface area (Å²) in [6, 6.07) is 2.37. The molecule has 0 aromatic carbocycles. The van der Waals surface area contributed by atoms with E-state index in [1.54, 1.807) is 0 Å². The minimum Gasteiger partial charge on any atom is -0.351 e. The van der Waals surface area contributed by atoms with Crippen LogP contribution in [0.15, 0.2) is 0 Å². The third kappa shape index (κ3) is 3.74. The molecule has 3 heteroatoms. The van der Waals surface area contributed by atoms with Crippen molar-refractivity contribution >= 4 is 0 Å². The molecule has 1 aliphatic heterocycles. The second-order valence-electron chi connectivity index (χ2n) is 6.66. The second-order valence-corrected chi connectivity index (χ2v) is 6.66. The van der Waals surface area contributed by atoms with Crippen molar-refractivity contribution in [1.82, 2.24) is 0 Å². The van der Waals surface area contributed by atoms with Gasteiger partial charge in [0.05, 0.1) is 19.3 Å². The first-order chi connectivity index (χ1) is 9.73. The van der Waals surface area contributed by atoms with E-state index in [9.17, 15) is 5.26 Å². The van der Waals surface area contributed by atoms with Gasteiger partial charge in [-0.3, -0.25) is 0 Å². The van der Waals surface area contributed by atoms with E-state index in [1.165, 1.54) is 44.9 Å². The highest BCUT2D eigenvalue weighted by molar-refractivity contribution is 5.00. The van der Waals surface area contributed by atoms with Crippen molar-refractivity contribution in [3.63, 3.8) is 0 Å². The summed E-state index contributed by atoms with van der Waals surface area (Å²) in [5.41, 5.74) is -0.408. The van der Waals surface area contributed by atoms with Crippen LogP contribution in [0.3, 0.4) is 0 Å². The van der Waals surface area contributed by atoms with Crippen molar-refractivity contribution in [3.05, 3.63) is 0 Å². The van der Waals surface area contributed by atoms with Crippen molar-refractivity contribution in [2.75, 3.05) is 13.2 Å². The van der Waals surface area contributed by atoms with Gasteiger partial charge in [-0.2, -0.15) is 5.26 Å². The molecule has 2 rings (SSSR count). The van der Waals surface area contributed by atoms with Gasteiger partial charge in [0, 0.05) is 5.92 Å². The quantitative estimate of drug-likeness (QED) is 0.754. The highest BCUT2D eigenvalue weighted by Crippen LogP contribution is 2.38. The van der Waals surface area contributed by atoms with Crippen LogP contribution in [0.5, 0.6) is 0 Å². The fourth-order valence-electron chi connectivity index (χ4n) is 3.43. The third-order valence-electron chi connectivity index (χ3n) is 5.20. The molecule has 0 unspecified atom stereocenters. The Hall–Kier alpha value is -0.590. The largest absolute Gasteiger partial charge is 0.351 e. The van der Waals surface area contributed by atoms with E-state index in [1.807, 2.05) is 6.92 Å². The summed E-state index contributed by atoms with van der Waals surface area (Å²) < 4.78 is 11.8. The molecule has 0 aromatic rings. The molecular weight excluding hydrogens is 250 g/mol. The van der Waals surface area contributed by atoms with Crippen molar-refractivity contribution in [1.29, 1.82) is 5.26 Å². The van der Waals surface area contributed by atoms with Gasteiger partial charge in [-0.05, 0) is 38.0 Å². The first-order valence-corrected chi connectivity index (χ1v) is 8.37. The van der Waals surface area contributed by atoms with Crippen LogP contribution in [0.25, 0.3) is 0 Å². The number of hydrogen-bond donors (Lipinski definition) is 0. The SMILES string of the molecule is CCCC[C@H]1CC[C@H]([C@H]2OC[C@](C#N)(CC)CO2)CC1. The summed E-state index contributed by atoms with van der Waals surface area (Å²) >= 11 is 0. The Morgan fingerprint density at radius 3 is 2.25 bits per heavy atom. The molecule has 0 atom stereocenters. The molecule has 1 saturated carbocycles. The van der Waals surface area contributed by atoms with Crippen LogP contribution in [-0.4, -0.2) is 19.5 Å². The fraction of sp³-hybridized carbons (Fsp3) is 0.941. The highest BCUT2D eigenvalue weighted by atomic mass is 16.7. The normalized spacial score (nSPS) is 38.4. The maximum Gasteiger partial charge on any atom is 0.160 e. The predicted molar refractivity (Wildman–Crippen MR) is 79.0 cm³/mol. The Labute approximate surface area is 123 Å². The average Bonchev–Trinajstić information content (AvgIpc) is 2.53. The van der Waals surface area contributed by atoms with Gasteiger partial charge >= 0.3 is 0 Å². The molecular formula is C17H29NO2. The van der Waals surface area contributed by atoms with E-state index < -0.39 is 5.41 Å². The second kappa shape index (κ2) is 7.43. The zero-order valence-electron chi connectivity index (χ0n) is 13.1. The molecule has 0 aromatic heterocycles. The van der Waals surface area contributed by atoms with Crippen molar-refractivity contribution in [2.45, 2.75) is 71.5 Å². The highest BCUT2D eigenvalue weighted by Gasteiger charge is 2.39. The summed E-state index contributed by atoms with van der Waals surface area (Å²) in [7, 11) is 0. The molecule has 0 amide bonds. The fourth-order valence-corrected chi connectivity index (χ4v) is 3.43. The molecule has 0 radical (unpaired) electrons. The van der Waals surface area contributed by atoms with E-state index in [4.69, 9.17) is 9.47 Å². The summed E-state index contributed by atoms with van der Waals surface area (Å²) in [4.78, 5) is 0. The van der Waals surface area contributed by atoms with E-state index >= 15 is 0 Å². The number of nitriles is 1. The lowest BCUT2D eigenvalue weighted by Crippen LogP contribution is -2.44. The van der Waals surface area contributed by atoms with Gasteiger partial charge in [0.1, 0.15) is 5.41 Å². The molecule has 0 N–H and O–H groups in total. The number of rotatable bonds is 5. The van der Waals surface area contributed by atoms with Crippen LogP contribution in [0.2, 0.25) is 0 Å². The molecule has 0 bridgehead atoms. The molecule has 1 saturated heterocycles. The molecule has 2 fully saturated rings. The summed E-state index contributed by atoms with van der Waals surface area (Å²) in [5, 5.41) is 9.25. The average molecular weight is 279 g/mol. The summed E-state index contributed by atoms with van der Waals surface area (Å²) in [5.74, 6) is 1.46. The minimum absolute atomic E-state index is 0.0600. The van der Waals surface area contributed by atoms with Crippen LogP contribution in [-0.2, 0) is 9.47 Å². The number of ether oxygens (including phenoxy) is 2. The predicted octanol–water partition coefficient (Wildman–Crippen LogP) is 4.28. The number of nitrogens with zero attached hydrogens (tertiary/aromatic N) is 1. The van der Waals surface area contributed by atoms with Crippen molar-refractivity contribution in [3.8, 4) is 6.07 Å². The van der Waals surface area contributed by atoms with Gasteiger partial charge < -0.3 is 9.47 Å². The van der Waals surface area contributed by atoms with Gasteiger partial charge in [-0.25, -0.2) is 0 Å². The first-order valence-electron chi connectivity index (χ1n) is 8.37. The lowest BCUT2D eigenvalue weighted by Gasteiger charge is -2.40. The van der Waals surface area contributed by atoms with Crippen LogP contribution >= 0.6 is 0 Å². The molecule has 0 spiro atoms. The smallest absolute Gasteiger partial charge is 0.160 e. The van der Waals surface area contributed by atoms with Gasteiger partial charge in [0.15, 0.2) is 6.29 Å². The van der Waals surface area contributed by atoms with E-state index in [0.717, 1.165) is 12.3 Å². The Morgan fingerprint density at radius 1 is 1.10 bits per heavy atom. The zero-order chi connectivity index (χ0) is 14.4. The zero-order valence-corrected chi connectivity index (χ0v) is 13.1. The van der Waals surface area contributed by atoms with E-state index in [2.05, 4.69) is 13.0 Å². The lowest BCUT2D eigenvalue weighted by atomic mass is 9.79. The van der Waals surface area contributed by atoms with Crippen molar-refractivity contribution < 1.29 is 9.47 Å². The van der Waals surface area contributed by atoms with Gasteiger partial charge in [0.25, 0.3) is 0 Å². The number of hydrogen-bond acceptors (Lipinski definition) is 3. The monoisotopic (exact) mass is 279 g/mol. The standard InChI is InChI=1S/C17H29NO2/c1-3-5-6-14-7-9-15(10-8-14)16-19-12-17(4-2,11-18)13-20-16/h14-16H,3-10,12-13H2,1-2H3/t14-,15-,16-,17+.